The molecule has 0 aromatic carbocycles. The van der Waals surface area contributed by atoms with Crippen LogP contribution in [0.1, 0.15) is 83.1 Å². The number of ether oxygens (including phenoxy) is 3. The highest BCUT2D eigenvalue weighted by Gasteiger charge is 2.34. The number of carbonyl (C=O) groups excluding carboxylic acids is 6. The van der Waals surface area contributed by atoms with E-state index in [2.05, 4.69) is 16.0 Å². The maximum Gasteiger partial charge on any atom is 0.541 e. The minimum absolute atomic E-state index is 0.0400. The highest BCUT2D eigenvalue weighted by molar-refractivity contribution is 6.44. The molecule has 46 heavy (non-hydrogen) atoms. The van der Waals surface area contributed by atoms with Gasteiger partial charge in [-0.3, -0.25) is 14.4 Å². The van der Waals surface area contributed by atoms with E-state index < -0.39 is 79.4 Å². The Labute approximate surface area is 273 Å². The van der Waals surface area contributed by atoms with Crippen LogP contribution in [-0.2, 0) is 42.6 Å². The molecular weight excluding hydrogens is 605 g/mol. The molecule has 3 amide bonds. The van der Waals surface area contributed by atoms with Crippen LogP contribution in [0.2, 0.25) is 0 Å². The molecule has 3 atom stereocenters. The minimum atomic E-state index is -3.34. The summed E-state index contributed by atoms with van der Waals surface area (Å²) in [4.78, 5) is 76.7. The second-order valence-electron chi connectivity index (χ2n) is 13.3. The summed E-state index contributed by atoms with van der Waals surface area (Å²) >= 11 is 0. The second kappa shape index (κ2) is 21.1. The van der Waals surface area contributed by atoms with Gasteiger partial charge >= 0.3 is 25.6 Å². The minimum Gasteiger partial charge on any atom is -0.624 e. The molecule has 0 bridgehead atoms. The van der Waals surface area contributed by atoms with Crippen LogP contribution in [0.4, 0.5) is 14.4 Å². The predicted octanol–water partition coefficient (Wildman–Crippen LogP) is 3.55. The Hall–Kier alpha value is -3.72. The van der Waals surface area contributed by atoms with Gasteiger partial charge in [-0.1, -0.05) is 83.1 Å². The summed E-state index contributed by atoms with van der Waals surface area (Å²) in [6, 6.07) is -3.83. The normalized spacial score (nSPS) is 13.4. The van der Waals surface area contributed by atoms with Crippen molar-refractivity contribution in [2.75, 3.05) is 19.8 Å². The topological polar surface area (TPSA) is 194 Å². The average Bonchev–Trinajstić information content (AvgIpc) is 2.93. The summed E-state index contributed by atoms with van der Waals surface area (Å²) in [6.45, 7) is 21.1. The monoisotopic (exact) mass is 660 g/mol. The molecule has 0 rings (SSSR count). The molecule has 0 aliphatic rings. The first-order valence-corrected chi connectivity index (χ1v) is 15.8. The van der Waals surface area contributed by atoms with E-state index in [0.29, 0.717) is 0 Å². The molecule has 0 unspecified atom stereocenters. The average molecular weight is 661 g/mol. The number of carbonyl (C=O) groups is 6. The standard InChI is InChI=1S/C30H55BN3O12/c1-16(2)13-41-28(38)32-22(19(7)8)25(35)44-31(45-26(36)23(20(9)10)33-29(39)42-14-17(3)4)46-27(37)24(21(11)12)34-30(40)43-15-18(5)6/h16-24,31H,13-15H2,1-12H3,(H,32,38)(H,33,39)(H,34,40)/q-1/t22-,23-,24-/m0/s1. The fraction of sp³-hybridized carbons (Fsp3) is 0.800. The molecule has 0 aliphatic heterocycles. The third-order valence-electron chi connectivity index (χ3n) is 6.01. The lowest BCUT2D eigenvalue weighted by atomic mass is 10.0. The van der Waals surface area contributed by atoms with Crippen LogP contribution in [0.15, 0.2) is 0 Å². The number of amides is 3. The zero-order valence-corrected chi connectivity index (χ0v) is 29.4. The van der Waals surface area contributed by atoms with Crippen LogP contribution in [-0.4, -0.2) is 81.5 Å². The summed E-state index contributed by atoms with van der Waals surface area (Å²) in [5, 5.41) is 7.24. The van der Waals surface area contributed by atoms with E-state index in [1.807, 2.05) is 41.5 Å². The van der Waals surface area contributed by atoms with Crippen molar-refractivity contribution < 1.29 is 56.9 Å². The van der Waals surface area contributed by atoms with Gasteiger partial charge < -0.3 is 44.1 Å². The van der Waals surface area contributed by atoms with E-state index in [4.69, 9.17) is 28.2 Å². The Morgan fingerprint density at radius 1 is 0.435 bits per heavy atom. The Balaban J connectivity index is 6.14. The van der Waals surface area contributed by atoms with Crippen molar-refractivity contribution in [3.63, 3.8) is 0 Å². The van der Waals surface area contributed by atoms with Crippen molar-refractivity contribution in [3.05, 3.63) is 0 Å². The molecule has 0 fully saturated rings. The molecule has 0 radical (unpaired) electrons. The van der Waals surface area contributed by atoms with E-state index in [1.165, 1.54) is 0 Å². The van der Waals surface area contributed by atoms with Gasteiger partial charge in [-0.2, -0.15) is 0 Å². The zero-order valence-electron chi connectivity index (χ0n) is 29.4. The predicted molar refractivity (Wildman–Crippen MR) is 169 cm³/mol. The van der Waals surface area contributed by atoms with E-state index in [1.54, 1.807) is 41.5 Å². The van der Waals surface area contributed by atoms with Crippen LogP contribution >= 0.6 is 0 Å². The summed E-state index contributed by atoms with van der Waals surface area (Å²) in [7, 11) is -3.34. The van der Waals surface area contributed by atoms with Crippen LogP contribution in [0.3, 0.4) is 0 Å². The first kappa shape index (κ1) is 42.3. The molecular formula is C30H55BN3O12-. The van der Waals surface area contributed by atoms with Gasteiger partial charge in [0.15, 0.2) is 0 Å². The molecule has 0 saturated heterocycles. The number of alkyl carbamates (subject to hydrolysis) is 3. The maximum absolute atomic E-state index is 13.3. The quantitative estimate of drug-likeness (QED) is 0.143. The van der Waals surface area contributed by atoms with Crippen LogP contribution in [0.5, 0.6) is 0 Å². The van der Waals surface area contributed by atoms with Crippen LogP contribution in [0.25, 0.3) is 0 Å². The number of hydrogen-bond donors (Lipinski definition) is 3. The second-order valence-corrected chi connectivity index (χ2v) is 13.3. The van der Waals surface area contributed by atoms with E-state index in [-0.39, 0.29) is 37.6 Å². The van der Waals surface area contributed by atoms with Crippen LogP contribution < -0.4 is 16.0 Å². The molecule has 0 aromatic rings. The highest BCUT2D eigenvalue weighted by Crippen LogP contribution is 2.13. The lowest BCUT2D eigenvalue weighted by molar-refractivity contribution is -0.151. The third-order valence-corrected chi connectivity index (χ3v) is 6.01. The largest absolute Gasteiger partial charge is 0.624 e. The van der Waals surface area contributed by atoms with Gasteiger partial charge in [-0.25, -0.2) is 14.4 Å². The molecule has 0 aliphatic carbocycles. The van der Waals surface area contributed by atoms with E-state index in [9.17, 15) is 28.8 Å². The zero-order chi connectivity index (χ0) is 35.7. The molecule has 3 N–H and O–H groups in total. The first-order valence-electron chi connectivity index (χ1n) is 15.8. The molecule has 0 spiro atoms. The Morgan fingerprint density at radius 3 is 0.826 bits per heavy atom. The van der Waals surface area contributed by atoms with Crippen molar-refractivity contribution in [2.45, 2.75) is 101 Å². The van der Waals surface area contributed by atoms with Gasteiger partial charge in [0.1, 0.15) is 18.1 Å². The van der Waals surface area contributed by atoms with Gasteiger partial charge in [0, 0.05) is 0 Å². The fourth-order valence-electron chi connectivity index (χ4n) is 3.43. The van der Waals surface area contributed by atoms with Gasteiger partial charge in [0.05, 0.1) is 19.8 Å². The molecule has 16 heteroatoms. The van der Waals surface area contributed by atoms with Crippen LogP contribution in [0, 0.1) is 35.5 Å². The van der Waals surface area contributed by atoms with Crippen molar-refractivity contribution in [1.29, 1.82) is 0 Å². The summed E-state index contributed by atoms with van der Waals surface area (Å²) in [6.07, 6.45) is -2.63. The Bertz CT molecular complexity index is 880. The first-order chi connectivity index (χ1) is 21.2. The Morgan fingerprint density at radius 2 is 0.652 bits per heavy atom. The third kappa shape index (κ3) is 17.7. The molecule has 15 nitrogen and oxygen atoms in total. The van der Waals surface area contributed by atoms with Crippen molar-refractivity contribution in [2.24, 2.45) is 35.5 Å². The smallest absolute Gasteiger partial charge is 0.541 e. The molecule has 0 heterocycles. The lowest BCUT2D eigenvalue weighted by Crippen LogP contribution is -2.53. The Kier molecular flexibility index (Phi) is 19.4. The number of nitrogens with one attached hydrogen (secondary N) is 3. The van der Waals surface area contributed by atoms with Gasteiger partial charge in [-0.15, -0.1) is 0 Å². The SMILES string of the molecule is CC(C)COC(=O)N[C@H](C(=O)O[BH-](OC(=O)[C@@H](NC(=O)OCC(C)C)C(C)C)OC(=O)[C@@H](NC(=O)OCC(C)C)C(C)C)C(C)C. The highest BCUT2D eigenvalue weighted by atomic mass is 16.8. The molecule has 0 aromatic heterocycles. The van der Waals surface area contributed by atoms with Gasteiger partial charge in [0.25, 0.3) is 17.9 Å². The molecule has 0 saturated carbocycles. The van der Waals surface area contributed by atoms with Gasteiger partial charge in [-0.05, 0) is 35.5 Å². The van der Waals surface area contributed by atoms with E-state index >= 15 is 0 Å². The van der Waals surface area contributed by atoms with Gasteiger partial charge in [0.2, 0.25) is 0 Å². The summed E-state index contributed by atoms with van der Waals surface area (Å²) in [5.41, 5.74) is 0. The van der Waals surface area contributed by atoms with Crippen molar-refractivity contribution in [1.82, 2.24) is 16.0 Å². The summed E-state index contributed by atoms with van der Waals surface area (Å²) < 4.78 is 31.4. The van der Waals surface area contributed by atoms with Crippen molar-refractivity contribution in [3.8, 4) is 0 Å². The number of hydrogen-bond acceptors (Lipinski definition) is 12. The van der Waals surface area contributed by atoms with E-state index in [0.717, 1.165) is 0 Å². The summed E-state index contributed by atoms with van der Waals surface area (Å²) in [5.74, 6) is -4.67. The lowest BCUT2D eigenvalue weighted by Gasteiger charge is -2.34. The maximum atomic E-state index is 13.3. The van der Waals surface area contributed by atoms with Crippen molar-refractivity contribution >= 4 is 43.5 Å². The molecule has 266 valence electrons. The number of rotatable bonds is 18. The fourth-order valence-corrected chi connectivity index (χ4v) is 3.43.